The molecule has 5 nitrogen and oxygen atoms in total. The van der Waals surface area contributed by atoms with Gasteiger partial charge in [0.25, 0.3) is 0 Å². The van der Waals surface area contributed by atoms with E-state index in [1.54, 1.807) is 13.8 Å². The number of nitrogens with one attached hydrogen (secondary N) is 2. The van der Waals surface area contributed by atoms with E-state index in [1.165, 1.54) is 0 Å². The van der Waals surface area contributed by atoms with Crippen LogP contribution in [0.3, 0.4) is 0 Å². The van der Waals surface area contributed by atoms with Crippen molar-refractivity contribution in [3.05, 3.63) is 0 Å². The Labute approximate surface area is 90.2 Å². The maximum Gasteiger partial charge on any atom is 0.239 e. The Kier molecular flexibility index (Phi) is 5.93. The molecule has 0 aliphatic heterocycles. The van der Waals surface area contributed by atoms with Crippen molar-refractivity contribution in [1.82, 2.24) is 10.6 Å². The summed E-state index contributed by atoms with van der Waals surface area (Å²) in [5.41, 5.74) is -0.646. The lowest BCUT2D eigenvalue weighted by Gasteiger charge is -2.23. The highest BCUT2D eigenvalue weighted by molar-refractivity contribution is 5.84. The van der Waals surface area contributed by atoms with Crippen molar-refractivity contribution in [2.45, 2.75) is 39.2 Å². The number of amides is 2. The minimum Gasteiger partial charge on any atom is -0.394 e. The van der Waals surface area contributed by atoms with Crippen LogP contribution in [0.5, 0.6) is 0 Å². The molecule has 0 heterocycles. The lowest BCUT2D eigenvalue weighted by Crippen LogP contribution is -2.49. The molecule has 0 aliphatic carbocycles. The number of hydrogen-bond acceptors (Lipinski definition) is 3. The summed E-state index contributed by atoms with van der Waals surface area (Å²) >= 11 is 0. The molecule has 0 unspecified atom stereocenters. The van der Waals surface area contributed by atoms with Crippen LogP contribution in [0.1, 0.15) is 33.6 Å². The molecule has 0 spiro atoms. The fourth-order valence-electron chi connectivity index (χ4n) is 0.955. The van der Waals surface area contributed by atoms with Gasteiger partial charge in [-0.3, -0.25) is 9.59 Å². The van der Waals surface area contributed by atoms with E-state index in [9.17, 15) is 9.59 Å². The SMILES string of the molecule is CCCC(=O)NCC(=O)NC(C)(C)CO. The highest BCUT2D eigenvalue weighted by atomic mass is 16.3. The van der Waals surface area contributed by atoms with Gasteiger partial charge in [-0.25, -0.2) is 0 Å². The number of carbonyl (C=O) groups excluding carboxylic acids is 2. The number of rotatable bonds is 6. The highest BCUT2D eigenvalue weighted by Crippen LogP contribution is 1.98. The molecule has 2 amide bonds. The molecule has 0 rings (SSSR count). The summed E-state index contributed by atoms with van der Waals surface area (Å²) < 4.78 is 0. The monoisotopic (exact) mass is 216 g/mol. The summed E-state index contributed by atoms with van der Waals surface area (Å²) in [5, 5.41) is 14.0. The van der Waals surface area contributed by atoms with E-state index in [0.717, 1.165) is 6.42 Å². The van der Waals surface area contributed by atoms with Crippen molar-refractivity contribution in [2.24, 2.45) is 0 Å². The lowest BCUT2D eigenvalue weighted by molar-refractivity contribution is -0.127. The molecule has 15 heavy (non-hydrogen) atoms. The predicted molar refractivity (Wildman–Crippen MR) is 57.2 cm³/mol. The Balaban J connectivity index is 3.80. The summed E-state index contributed by atoms with van der Waals surface area (Å²) in [6.07, 6.45) is 1.19. The van der Waals surface area contributed by atoms with Crippen molar-refractivity contribution in [3.8, 4) is 0 Å². The molecule has 0 saturated heterocycles. The van der Waals surface area contributed by atoms with Gasteiger partial charge in [0.1, 0.15) is 0 Å². The molecular formula is C10H20N2O3. The van der Waals surface area contributed by atoms with Gasteiger partial charge in [-0.1, -0.05) is 6.92 Å². The topological polar surface area (TPSA) is 78.4 Å². The first-order valence-electron chi connectivity index (χ1n) is 5.10. The van der Waals surface area contributed by atoms with Crippen LogP contribution >= 0.6 is 0 Å². The van der Waals surface area contributed by atoms with E-state index in [-0.39, 0.29) is 25.0 Å². The van der Waals surface area contributed by atoms with Crippen LogP contribution in [0.15, 0.2) is 0 Å². The minimum absolute atomic E-state index is 0.0394. The van der Waals surface area contributed by atoms with Crippen LogP contribution in [0.4, 0.5) is 0 Å². The van der Waals surface area contributed by atoms with Gasteiger partial charge in [-0.15, -0.1) is 0 Å². The Morgan fingerprint density at radius 3 is 2.33 bits per heavy atom. The van der Waals surface area contributed by atoms with E-state index >= 15 is 0 Å². The molecule has 0 saturated carbocycles. The van der Waals surface area contributed by atoms with E-state index in [1.807, 2.05) is 6.92 Å². The zero-order valence-electron chi connectivity index (χ0n) is 9.59. The first-order chi connectivity index (χ1) is 6.91. The van der Waals surface area contributed by atoms with Crippen LogP contribution < -0.4 is 10.6 Å². The lowest BCUT2D eigenvalue weighted by atomic mass is 10.1. The highest BCUT2D eigenvalue weighted by Gasteiger charge is 2.18. The molecule has 0 fully saturated rings. The van der Waals surface area contributed by atoms with Crippen molar-refractivity contribution < 1.29 is 14.7 Å². The predicted octanol–water partition coefficient (Wildman–Crippen LogP) is -0.210. The number of carbonyl (C=O) groups is 2. The number of hydrogen-bond donors (Lipinski definition) is 3. The average Bonchev–Trinajstić information content (AvgIpc) is 2.15. The second-order valence-corrected chi connectivity index (χ2v) is 4.12. The molecule has 0 aromatic heterocycles. The van der Waals surface area contributed by atoms with Crippen molar-refractivity contribution in [2.75, 3.05) is 13.2 Å². The van der Waals surface area contributed by atoms with Gasteiger partial charge in [0, 0.05) is 6.42 Å². The maximum absolute atomic E-state index is 11.3. The summed E-state index contributed by atoms with van der Waals surface area (Å²) in [6.45, 7) is 5.13. The Morgan fingerprint density at radius 1 is 1.27 bits per heavy atom. The molecule has 0 aromatic rings. The molecule has 0 atom stereocenters. The fourth-order valence-corrected chi connectivity index (χ4v) is 0.955. The third-order valence-electron chi connectivity index (χ3n) is 1.80. The van der Waals surface area contributed by atoms with Crippen LogP contribution in [-0.2, 0) is 9.59 Å². The van der Waals surface area contributed by atoms with Crippen molar-refractivity contribution in [1.29, 1.82) is 0 Å². The molecular weight excluding hydrogens is 196 g/mol. The smallest absolute Gasteiger partial charge is 0.239 e. The Hall–Kier alpha value is -1.10. The molecule has 0 bridgehead atoms. The molecule has 3 N–H and O–H groups in total. The Morgan fingerprint density at radius 2 is 1.87 bits per heavy atom. The van der Waals surface area contributed by atoms with Gasteiger partial charge in [-0.2, -0.15) is 0 Å². The second-order valence-electron chi connectivity index (χ2n) is 4.12. The van der Waals surface area contributed by atoms with Crippen LogP contribution in [0.25, 0.3) is 0 Å². The summed E-state index contributed by atoms with van der Waals surface area (Å²) in [7, 11) is 0. The summed E-state index contributed by atoms with van der Waals surface area (Å²) in [4.78, 5) is 22.3. The molecule has 5 heteroatoms. The average molecular weight is 216 g/mol. The second kappa shape index (κ2) is 6.40. The normalized spacial score (nSPS) is 10.9. The van der Waals surface area contributed by atoms with E-state index in [4.69, 9.17) is 5.11 Å². The first-order valence-corrected chi connectivity index (χ1v) is 5.10. The number of aliphatic hydroxyl groups excluding tert-OH is 1. The molecule has 0 aromatic carbocycles. The third-order valence-corrected chi connectivity index (χ3v) is 1.80. The molecule has 88 valence electrons. The van der Waals surface area contributed by atoms with Crippen molar-refractivity contribution in [3.63, 3.8) is 0 Å². The van der Waals surface area contributed by atoms with Gasteiger partial charge in [0.15, 0.2) is 0 Å². The summed E-state index contributed by atoms with van der Waals surface area (Å²) in [6, 6.07) is 0. The quantitative estimate of drug-likeness (QED) is 0.575. The van der Waals surface area contributed by atoms with Gasteiger partial charge in [0.05, 0.1) is 18.7 Å². The summed E-state index contributed by atoms with van der Waals surface area (Å²) in [5.74, 6) is -0.423. The Bertz CT molecular complexity index is 227. The van der Waals surface area contributed by atoms with Gasteiger partial charge in [0.2, 0.25) is 11.8 Å². The van der Waals surface area contributed by atoms with Crippen LogP contribution in [-0.4, -0.2) is 35.6 Å². The van der Waals surface area contributed by atoms with E-state index < -0.39 is 5.54 Å². The minimum atomic E-state index is -0.646. The zero-order chi connectivity index (χ0) is 11.9. The number of aliphatic hydroxyl groups is 1. The largest absolute Gasteiger partial charge is 0.394 e. The van der Waals surface area contributed by atoms with Crippen LogP contribution in [0.2, 0.25) is 0 Å². The standard InChI is InChI=1S/C10H20N2O3/c1-4-5-8(14)11-6-9(15)12-10(2,3)7-13/h13H,4-7H2,1-3H3,(H,11,14)(H,12,15). The van der Waals surface area contributed by atoms with Crippen LogP contribution in [0, 0.1) is 0 Å². The first kappa shape index (κ1) is 13.9. The molecule has 0 radical (unpaired) electrons. The molecule has 0 aliphatic rings. The van der Waals surface area contributed by atoms with Gasteiger partial charge < -0.3 is 15.7 Å². The van der Waals surface area contributed by atoms with Crippen molar-refractivity contribution >= 4 is 11.8 Å². The van der Waals surface area contributed by atoms with E-state index in [2.05, 4.69) is 10.6 Å². The maximum atomic E-state index is 11.3. The van der Waals surface area contributed by atoms with Gasteiger partial charge >= 0.3 is 0 Å². The van der Waals surface area contributed by atoms with Gasteiger partial charge in [-0.05, 0) is 20.3 Å². The van der Waals surface area contributed by atoms with E-state index in [0.29, 0.717) is 6.42 Å². The fraction of sp³-hybridized carbons (Fsp3) is 0.800. The third kappa shape index (κ3) is 6.90. The zero-order valence-corrected chi connectivity index (χ0v) is 9.59.